The zero-order valence-corrected chi connectivity index (χ0v) is 7.40. The quantitative estimate of drug-likeness (QED) is 0.557. The molecular formula is C9H12N2O3. The maximum atomic E-state index is 10.6. The molecule has 0 heterocycles. The normalized spacial score (nSPS) is 13.1. The number of hydrogen-bond donors (Lipinski definition) is 4. The number of aliphatic hydroxyl groups is 2. The van der Waals surface area contributed by atoms with Gasteiger partial charge < -0.3 is 21.3 Å². The van der Waals surface area contributed by atoms with Gasteiger partial charge in [-0.05, 0) is 17.7 Å². The topological polar surface area (TPSA) is 95.6 Å². The average molecular weight is 197 g/mol. The monoisotopic (exact) mass is 197 g/mol. The molecule has 14 heavy (non-hydrogen) atoms. The molecule has 5 N–H and O–H groups in total. The van der Waals surface area contributed by atoms with Gasteiger partial charge in [-0.3, -0.25) is 0 Å². The van der Waals surface area contributed by atoms with Crippen LogP contribution in [0.1, 0.15) is 13.0 Å². The third-order valence-corrected chi connectivity index (χ3v) is 1.61. The minimum absolute atomic E-state index is 0.0575. The van der Waals surface area contributed by atoms with Crippen LogP contribution in [0.5, 0.6) is 0 Å². The third kappa shape index (κ3) is 2.72. The van der Waals surface area contributed by atoms with Gasteiger partial charge in [0.05, 0.1) is 7.98 Å². The van der Waals surface area contributed by atoms with Crippen molar-refractivity contribution in [1.29, 1.82) is 0 Å². The van der Waals surface area contributed by atoms with Gasteiger partial charge >= 0.3 is 6.03 Å². The molecule has 0 saturated heterocycles. The van der Waals surface area contributed by atoms with Crippen LogP contribution in [-0.4, -0.2) is 22.9 Å². The molecule has 0 aliphatic rings. The minimum atomic E-state index is -1.13. The van der Waals surface area contributed by atoms with Gasteiger partial charge in [-0.2, -0.15) is 0 Å². The van der Waals surface area contributed by atoms with Crippen LogP contribution in [-0.2, 0) is 0 Å². The molecule has 5 heteroatoms. The maximum Gasteiger partial charge on any atom is 0.316 e. The SMILES string of the molecule is [2H]c1c(NC(N)=O)cccc1C(O)CO. The minimum Gasteiger partial charge on any atom is -0.393 e. The van der Waals surface area contributed by atoms with Crippen molar-refractivity contribution >= 4 is 11.7 Å². The standard InChI is InChI=1S/C9H12N2O3/c10-9(14)11-7-3-1-2-6(4-7)8(13)5-12/h1-4,8,12-13H,5H2,(H3,10,11,14)/i4D. The van der Waals surface area contributed by atoms with Crippen molar-refractivity contribution in [3.8, 4) is 0 Å². The number of carbonyl (C=O) groups excluding carboxylic acids is 1. The van der Waals surface area contributed by atoms with E-state index in [9.17, 15) is 9.90 Å². The summed E-state index contributed by atoms with van der Waals surface area (Å²) in [5.41, 5.74) is 5.35. The Bertz CT molecular complexity index is 370. The van der Waals surface area contributed by atoms with Crippen LogP contribution in [0.3, 0.4) is 0 Å². The van der Waals surface area contributed by atoms with Gasteiger partial charge in [0.1, 0.15) is 6.10 Å². The van der Waals surface area contributed by atoms with Crippen LogP contribution in [0.15, 0.2) is 24.2 Å². The Balaban J connectivity index is 3.05. The molecule has 0 fully saturated rings. The van der Waals surface area contributed by atoms with E-state index < -0.39 is 18.7 Å². The van der Waals surface area contributed by atoms with Crippen LogP contribution in [0.4, 0.5) is 10.5 Å². The summed E-state index contributed by atoms with van der Waals surface area (Å²) in [6.45, 7) is -0.480. The number of carbonyl (C=O) groups is 1. The van der Waals surface area contributed by atoms with E-state index in [0.29, 0.717) is 0 Å². The first kappa shape index (κ1) is 8.98. The van der Waals surface area contributed by atoms with Gasteiger partial charge in [-0.15, -0.1) is 0 Å². The van der Waals surface area contributed by atoms with Crippen molar-refractivity contribution < 1.29 is 16.4 Å². The number of amides is 2. The van der Waals surface area contributed by atoms with E-state index in [4.69, 9.17) is 12.2 Å². The van der Waals surface area contributed by atoms with E-state index in [1.807, 2.05) is 0 Å². The largest absolute Gasteiger partial charge is 0.393 e. The lowest BCUT2D eigenvalue weighted by Gasteiger charge is -2.09. The molecule has 0 saturated carbocycles. The number of nitrogens with one attached hydrogen (secondary N) is 1. The summed E-state index contributed by atoms with van der Waals surface area (Å²) in [6, 6.07) is 3.70. The molecule has 1 atom stereocenters. The second-order valence-corrected chi connectivity index (χ2v) is 2.71. The van der Waals surface area contributed by atoms with Crippen LogP contribution in [0.25, 0.3) is 0 Å². The number of aliphatic hydroxyl groups excluding tert-OH is 2. The van der Waals surface area contributed by atoms with Gasteiger partial charge in [0.15, 0.2) is 0 Å². The number of nitrogens with two attached hydrogens (primary N) is 1. The predicted molar refractivity (Wildman–Crippen MR) is 51.7 cm³/mol. The number of benzene rings is 1. The van der Waals surface area contributed by atoms with E-state index in [1.165, 1.54) is 12.1 Å². The van der Waals surface area contributed by atoms with Crippen molar-refractivity contribution in [1.82, 2.24) is 0 Å². The number of rotatable bonds is 3. The Morgan fingerprint density at radius 3 is 3.00 bits per heavy atom. The lowest BCUT2D eigenvalue weighted by molar-refractivity contribution is 0.0956. The highest BCUT2D eigenvalue weighted by Gasteiger charge is 2.06. The van der Waals surface area contributed by atoms with E-state index in [1.54, 1.807) is 6.07 Å². The Hall–Kier alpha value is -1.59. The summed E-state index contributed by atoms with van der Waals surface area (Å²) < 4.78 is 7.63. The van der Waals surface area contributed by atoms with E-state index in [0.717, 1.165) is 0 Å². The molecule has 76 valence electrons. The van der Waals surface area contributed by atoms with Gasteiger partial charge in [-0.1, -0.05) is 12.1 Å². The highest BCUT2D eigenvalue weighted by molar-refractivity contribution is 5.87. The second-order valence-electron chi connectivity index (χ2n) is 2.71. The summed E-state index contributed by atoms with van der Waals surface area (Å²) >= 11 is 0. The highest BCUT2D eigenvalue weighted by atomic mass is 16.3. The Morgan fingerprint density at radius 2 is 2.43 bits per heavy atom. The summed E-state index contributed by atoms with van der Waals surface area (Å²) in [5, 5.41) is 20.3. The number of hydrogen-bond acceptors (Lipinski definition) is 3. The zero-order chi connectivity index (χ0) is 11.4. The summed E-state index contributed by atoms with van der Waals surface area (Å²) in [5.74, 6) is 0. The molecule has 0 spiro atoms. The molecule has 0 bridgehead atoms. The molecule has 0 radical (unpaired) electrons. The van der Waals surface area contributed by atoms with Crippen molar-refractivity contribution in [2.75, 3.05) is 11.9 Å². The molecule has 0 aromatic heterocycles. The smallest absolute Gasteiger partial charge is 0.316 e. The first-order chi connectivity index (χ1) is 7.06. The van der Waals surface area contributed by atoms with Crippen molar-refractivity contribution in [2.45, 2.75) is 6.10 Å². The maximum absolute atomic E-state index is 10.6. The van der Waals surface area contributed by atoms with E-state index in [-0.39, 0.29) is 17.3 Å². The van der Waals surface area contributed by atoms with Crippen LogP contribution < -0.4 is 11.1 Å². The first-order valence-electron chi connectivity index (χ1n) is 4.51. The summed E-state index contributed by atoms with van der Waals surface area (Å²) in [6.07, 6.45) is -1.13. The number of primary amides is 1. The Labute approximate surface area is 82.6 Å². The molecule has 1 rings (SSSR count). The zero-order valence-electron chi connectivity index (χ0n) is 8.40. The Morgan fingerprint density at radius 1 is 1.71 bits per heavy atom. The lowest BCUT2D eigenvalue weighted by Crippen LogP contribution is -2.19. The fourth-order valence-corrected chi connectivity index (χ4v) is 0.985. The number of urea groups is 1. The van der Waals surface area contributed by atoms with Crippen LogP contribution in [0.2, 0.25) is 0 Å². The predicted octanol–water partition coefficient (Wildman–Crippen LogP) is 0.203. The van der Waals surface area contributed by atoms with Gasteiger partial charge in [0, 0.05) is 5.69 Å². The van der Waals surface area contributed by atoms with Gasteiger partial charge in [0.25, 0.3) is 0 Å². The Kier molecular flexibility index (Phi) is 2.95. The lowest BCUT2D eigenvalue weighted by atomic mass is 10.1. The first-order valence-corrected chi connectivity index (χ1v) is 4.01. The van der Waals surface area contributed by atoms with Crippen LogP contribution >= 0.6 is 0 Å². The molecule has 5 nitrogen and oxygen atoms in total. The molecule has 1 unspecified atom stereocenters. The highest BCUT2D eigenvalue weighted by Crippen LogP contribution is 2.16. The fourth-order valence-electron chi connectivity index (χ4n) is 0.985. The van der Waals surface area contributed by atoms with Crippen LogP contribution in [0, 0.1) is 0 Å². The second kappa shape index (κ2) is 4.59. The molecule has 0 aliphatic heterocycles. The number of anilines is 1. The third-order valence-electron chi connectivity index (χ3n) is 1.61. The van der Waals surface area contributed by atoms with Gasteiger partial charge in [0.2, 0.25) is 0 Å². The molecule has 1 aromatic rings. The molecule has 2 amide bonds. The summed E-state index contributed by atoms with van der Waals surface area (Å²) in [4.78, 5) is 10.6. The fraction of sp³-hybridized carbons (Fsp3) is 0.222. The molecule has 1 aromatic carbocycles. The summed E-state index contributed by atoms with van der Waals surface area (Å²) in [7, 11) is 0. The molecule has 0 aliphatic carbocycles. The van der Waals surface area contributed by atoms with Crippen molar-refractivity contribution in [3.05, 3.63) is 29.8 Å². The van der Waals surface area contributed by atoms with Gasteiger partial charge in [-0.25, -0.2) is 4.79 Å². The van der Waals surface area contributed by atoms with Crippen molar-refractivity contribution in [2.24, 2.45) is 5.73 Å². The van der Waals surface area contributed by atoms with Crippen molar-refractivity contribution in [3.63, 3.8) is 0 Å². The van der Waals surface area contributed by atoms with E-state index >= 15 is 0 Å². The van der Waals surface area contributed by atoms with E-state index in [2.05, 4.69) is 5.32 Å². The average Bonchev–Trinajstić information content (AvgIpc) is 2.19. The molecular weight excluding hydrogens is 184 g/mol.